The summed E-state index contributed by atoms with van der Waals surface area (Å²) in [7, 11) is 0. The Morgan fingerprint density at radius 3 is 2.18 bits per heavy atom. The molecule has 0 radical (unpaired) electrons. The molecule has 0 aliphatic heterocycles. The number of rotatable bonds is 5. The molecule has 1 aromatic carbocycles. The summed E-state index contributed by atoms with van der Waals surface area (Å²) in [5.74, 6) is 2.29. The van der Waals surface area contributed by atoms with Crippen LogP contribution >= 0.6 is 0 Å². The molecule has 2 heteroatoms. The highest BCUT2D eigenvalue weighted by Gasteiger charge is 2.11. The summed E-state index contributed by atoms with van der Waals surface area (Å²) in [4.78, 5) is 0. The van der Waals surface area contributed by atoms with Crippen LogP contribution in [0.2, 0.25) is 0 Å². The van der Waals surface area contributed by atoms with E-state index in [1.165, 1.54) is 0 Å². The second-order valence-electron chi connectivity index (χ2n) is 6.03. The van der Waals surface area contributed by atoms with Gasteiger partial charge in [0.2, 0.25) is 0 Å². The van der Waals surface area contributed by atoms with Crippen LogP contribution in [0, 0.1) is 11.3 Å². The fourth-order valence-electron chi connectivity index (χ4n) is 1.22. The van der Waals surface area contributed by atoms with Crippen molar-refractivity contribution in [1.82, 2.24) is 0 Å². The molecule has 0 aliphatic carbocycles. The van der Waals surface area contributed by atoms with E-state index in [0.29, 0.717) is 12.5 Å². The minimum Gasteiger partial charge on any atom is -0.493 e. The molecule has 17 heavy (non-hydrogen) atoms. The molecule has 0 bridgehead atoms. The molecule has 1 rings (SSSR count). The van der Waals surface area contributed by atoms with E-state index in [1.807, 2.05) is 24.3 Å². The van der Waals surface area contributed by atoms with Crippen molar-refractivity contribution in [3.8, 4) is 11.5 Å². The van der Waals surface area contributed by atoms with Gasteiger partial charge in [0.25, 0.3) is 0 Å². The van der Waals surface area contributed by atoms with Crippen molar-refractivity contribution in [1.29, 1.82) is 0 Å². The van der Waals surface area contributed by atoms with Gasteiger partial charge in [0.1, 0.15) is 11.5 Å². The lowest BCUT2D eigenvalue weighted by molar-refractivity contribution is 0.196. The SMILES string of the molecule is CC(C)COc1cccc(OCC(C)(C)C)c1. The molecule has 0 amide bonds. The number of hydrogen-bond acceptors (Lipinski definition) is 2. The summed E-state index contributed by atoms with van der Waals surface area (Å²) in [5, 5.41) is 0. The molecule has 0 spiro atoms. The number of benzene rings is 1. The Morgan fingerprint density at radius 2 is 1.65 bits per heavy atom. The van der Waals surface area contributed by atoms with Crippen molar-refractivity contribution in [2.45, 2.75) is 34.6 Å². The molecule has 0 saturated carbocycles. The Morgan fingerprint density at radius 1 is 1.06 bits per heavy atom. The lowest BCUT2D eigenvalue weighted by Gasteiger charge is -2.19. The molecule has 0 saturated heterocycles. The summed E-state index contributed by atoms with van der Waals surface area (Å²) in [6.45, 7) is 12.2. The Balaban J connectivity index is 2.54. The third-order valence-corrected chi connectivity index (χ3v) is 2.06. The van der Waals surface area contributed by atoms with Gasteiger partial charge in [-0.15, -0.1) is 0 Å². The molecule has 2 nitrogen and oxygen atoms in total. The maximum atomic E-state index is 5.74. The van der Waals surface area contributed by atoms with Crippen molar-refractivity contribution in [3.05, 3.63) is 24.3 Å². The van der Waals surface area contributed by atoms with Crippen molar-refractivity contribution in [2.75, 3.05) is 13.2 Å². The van der Waals surface area contributed by atoms with Gasteiger partial charge in [-0.2, -0.15) is 0 Å². The predicted molar refractivity (Wildman–Crippen MR) is 71.7 cm³/mol. The summed E-state index contributed by atoms with van der Waals surface area (Å²) < 4.78 is 11.4. The van der Waals surface area contributed by atoms with Crippen LogP contribution in [0.3, 0.4) is 0 Å². The van der Waals surface area contributed by atoms with Gasteiger partial charge in [-0.25, -0.2) is 0 Å². The van der Waals surface area contributed by atoms with Crippen molar-refractivity contribution >= 4 is 0 Å². The van der Waals surface area contributed by atoms with Gasteiger partial charge in [-0.05, 0) is 23.5 Å². The van der Waals surface area contributed by atoms with Crippen LogP contribution in [0.4, 0.5) is 0 Å². The molecular weight excluding hydrogens is 212 g/mol. The van der Waals surface area contributed by atoms with Gasteiger partial charge >= 0.3 is 0 Å². The van der Waals surface area contributed by atoms with Gasteiger partial charge in [0.05, 0.1) is 13.2 Å². The first-order chi connectivity index (χ1) is 7.87. The van der Waals surface area contributed by atoms with E-state index in [2.05, 4.69) is 34.6 Å². The zero-order valence-corrected chi connectivity index (χ0v) is 11.6. The summed E-state index contributed by atoms with van der Waals surface area (Å²) in [6.07, 6.45) is 0. The third kappa shape index (κ3) is 6.20. The number of hydrogen-bond donors (Lipinski definition) is 0. The lowest BCUT2D eigenvalue weighted by atomic mass is 9.99. The van der Waals surface area contributed by atoms with E-state index < -0.39 is 0 Å². The van der Waals surface area contributed by atoms with Crippen LogP contribution in [-0.2, 0) is 0 Å². The van der Waals surface area contributed by atoms with E-state index in [9.17, 15) is 0 Å². The fraction of sp³-hybridized carbons (Fsp3) is 0.600. The second kappa shape index (κ2) is 5.95. The van der Waals surface area contributed by atoms with Crippen molar-refractivity contribution < 1.29 is 9.47 Å². The summed E-state index contributed by atoms with van der Waals surface area (Å²) in [5.41, 5.74) is 0.175. The standard InChI is InChI=1S/C15H24O2/c1-12(2)10-16-13-7-6-8-14(9-13)17-11-15(3,4)5/h6-9,12H,10-11H2,1-5H3. The maximum absolute atomic E-state index is 5.74. The molecule has 0 atom stereocenters. The molecule has 0 unspecified atom stereocenters. The minimum atomic E-state index is 0.175. The smallest absolute Gasteiger partial charge is 0.123 e. The summed E-state index contributed by atoms with van der Waals surface area (Å²) >= 11 is 0. The molecule has 1 aromatic rings. The topological polar surface area (TPSA) is 18.5 Å². The normalized spacial score (nSPS) is 11.6. The molecule has 0 aliphatic rings. The average Bonchev–Trinajstić information content (AvgIpc) is 2.23. The highest BCUT2D eigenvalue weighted by atomic mass is 16.5. The van der Waals surface area contributed by atoms with Crippen LogP contribution in [0.25, 0.3) is 0 Å². The first-order valence-corrected chi connectivity index (χ1v) is 6.22. The lowest BCUT2D eigenvalue weighted by Crippen LogP contribution is -2.16. The molecule has 96 valence electrons. The Hall–Kier alpha value is -1.18. The van der Waals surface area contributed by atoms with E-state index in [1.54, 1.807) is 0 Å². The first kappa shape index (κ1) is 13.9. The molecule has 0 heterocycles. The largest absolute Gasteiger partial charge is 0.493 e. The van der Waals surface area contributed by atoms with Crippen LogP contribution in [0.5, 0.6) is 11.5 Å². The van der Waals surface area contributed by atoms with E-state index in [0.717, 1.165) is 18.1 Å². The van der Waals surface area contributed by atoms with Crippen LogP contribution in [-0.4, -0.2) is 13.2 Å². The minimum absolute atomic E-state index is 0.175. The molecule has 0 N–H and O–H groups in total. The van der Waals surface area contributed by atoms with Crippen molar-refractivity contribution in [3.63, 3.8) is 0 Å². The number of ether oxygens (including phenoxy) is 2. The molecule has 0 aromatic heterocycles. The van der Waals surface area contributed by atoms with Gasteiger partial charge in [-0.3, -0.25) is 0 Å². The van der Waals surface area contributed by atoms with Gasteiger partial charge in [0.15, 0.2) is 0 Å². The fourth-order valence-corrected chi connectivity index (χ4v) is 1.22. The maximum Gasteiger partial charge on any atom is 0.123 e. The molecule has 0 fully saturated rings. The van der Waals surface area contributed by atoms with E-state index in [-0.39, 0.29) is 5.41 Å². The Labute approximate surface area is 105 Å². The Bertz CT molecular complexity index is 337. The van der Waals surface area contributed by atoms with Crippen LogP contribution < -0.4 is 9.47 Å². The zero-order valence-electron chi connectivity index (χ0n) is 11.6. The monoisotopic (exact) mass is 236 g/mol. The Kier molecular flexibility index (Phi) is 4.86. The van der Waals surface area contributed by atoms with Gasteiger partial charge in [0, 0.05) is 6.07 Å². The quantitative estimate of drug-likeness (QED) is 0.764. The molecular formula is C15H24O2. The highest BCUT2D eigenvalue weighted by molar-refractivity contribution is 5.32. The van der Waals surface area contributed by atoms with E-state index >= 15 is 0 Å². The third-order valence-electron chi connectivity index (χ3n) is 2.06. The van der Waals surface area contributed by atoms with Gasteiger partial charge < -0.3 is 9.47 Å². The van der Waals surface area contributed by atoms with Gasteiger partial charge in [-0.1, -0.05) is 40.7 Å². The first-order valence-electron chi connectivity index (χ1n) is 6.22. The summed E-state index contributed by atoms with van der Waals surface area (Å²) in [6, 6.07) is 7.85. The van der Waals surface area contributed by atoms with E-state index in [4.69, 9.17) is 9.47 Å². The predicted octanol–water partition coefficient (Wildman–Crippen LogP) is 4.15. The van der Waals surface area contributed by atoms with Crippen LogP contribution in [0.15, 0.2) is 24.3 Å². The van der Waals surface area contributed by atoms with Crippen molar-refractivity contribution in [2.24, 2.45) is 11.3 Å². The highest BCUT2D eigenvalue weighted by Crippen LogP contribution is 2.22. The zero-order chi connectivity index (χ0) is 12.9. The average molecular weight is 236 g/mol. The second-order valence-corrected chi connectivity index (χ2v) is 6.03. The van der Waals surface area contributed by atoms with Crippen LogP contribution in [0.1, 0.15) is 34.6 Å².